The van der Waals surface area contributed by atoms with E-state index in [1.807, 2.05) is 10.3 Å². The molecule has 1 fully saturated rings. The topological polar surface area (TPSA) is 66.5 Å². The van der Waals surface area contributed by atoms with Gasteiger partial charge in [0.25, 0.3) is 5.91 Å². The maximum Gasteiger partial charge on any atom is 0.254 e. The third-order valence-electron chi connectivity index (χ3n) is 5.50. The molecule has 5 nitrogen and oxygen atoms in total. The van der Waals surface area contributed by atoms with Crippen LogP contribution in [0.25, 0.3) is 0 Å². The average Bonchev–Trinajstić information content (AvgIpc) is 3.31. The molecule has 0 saturated carbocycles. The highest BCUT2D eigenvalue weighted by Crippen LogP contribution is 2.33. The Hall–Kier alpha value is -1.22. The van der Waals surface area contributed by atoms with Crippen LogP contribution in [0.15, 0.2) is 27.1 Å². The van der Waals surface area contributed by atoms with E-state index in [2.05, 4.69) is 11.6 Å². The molecule has 1 unspecified atom stereocenters. The van der Waals surface area contributed by atoms with Gasteiger partial charge >= 0.3 is 0 Å². The fourth-order valence-corrected chi connectivity index (χ4v) is 7.47. The van der Waals surface area contributed by atoms with Gasteiger partial charge in [0.05, 0.1) is 5.56 Å². The lowest BCUT2D eigenvalue weighted by Gasteiger charge is -2.32. The van der Waals surface area contributed by atoms with Gasteiger partial charge < -0.3 is 4.90 Å². The number of fused-ring (bicyclic) bond motifs is 1. The molecule has 2 aromatic heterocycles. The number of carbonyl (C=O) groups is 1. The number of thiophene rings is 2. The Morgan fingerprint density at radius 3 is 2.70 bits per heavy atom. The van der Waals surface area contributed by atoms with Gasteiger partial charge in [0, 0.05) is 29.4 Å². The zero-order valence-electron chi connectivity index (χ0n) is 15.3. The van der Waals surface area contributed by atoms with Gasteiger partial charge in [-0.25, -0.2) is 13.1 Å². The predicted octanol–water partition coefficient (Wildman–Crippen LogP) is 3.52. The molecule has 0 radical (unpaired) electrons. The molecule has 1 amide bonds. The third kappa shape index (κ3) is 3.99. The summed E-state index contributed by atoms with van der Waals surface area (Å²) in [6, 6.07) is 3.24. The first kappa shape index (κ1) is 19.1. The molecule has 8 heteroatoms. The Morgan fingerprint density at radius 2 is 2.00 bits per heavy atom. The van der Waals surface area contributed by atoms with Crippen LogP contribution in [-0.4, -0.2) is 38.4 Å². The van der Waals surface area contributed by atoms with Gasteiger partial charge in [-0.05, 0) is 55.0 Å². The lowest BCUT2D eigenvalue weighted by Crippen LogP contribution is -2.46. The Morgan fingerprint density at radius 1 is 1.22 bits per heavy atom. The van der Waals surface area contributed by atoms with Gasteiger partial charge in [-0.15, -0.1) is 22.7 Å². The Bertz CT molecular complexity index is 910. The second kappa shape index (κ2) is 7.66. The van der Waals surface area contributed by atoms with Crippen LogP contribution in [0.2, 0.25) is 0 Å². The first-order valence-electron chi connectivity index (χ1n) is 9.38. The van der Waals surface area contributed by atoms with Crippen molar-refractivity contribution in [1.82, 2.24) is 9.62 Å². The minimum atomic E-state index is -3.45. The van der Waals surface area contributed by atoms with Crippen molar-refractivity contribution in [3.63, 3.8) is 0 Å². The number of nitrogens with one attached hydrogen (secondary N) is 1. The summed E-state index contributed by atoms with van der Waals surface area (Å²) in [6.45, 7) is 3.46. The van der Waals surface area contributed by atoms with Crippen LogP contribution in [-0.2, 0) is 22.9 Å². The lowest BCUT2D eigenvalue weighted by molar-refractivity contribution is 0.0710. The summed E-state index contributed by atoms with van der Waals surface area (Å²) in [5.41, 5.74) is 2.13. The predicted molar refractivity (Wildman–Crippen MR) is 109 cm³/mol. The molecule has 3 heterocycles. The van der Waals surface area contributed by atoms with Gasteiger partial charge in [-0.2, -0.15) is 0 Å². The van der Waals surface area contributed by atoms with Gasteiger partial charge in [0.15, 0.2) is 0 Å². The smallest absolute Gasteiger partial charge is 0.254 e. The van der Waals surface area contributed by atoms with E-state index in [-0.39, 0.29) is 11.9 Å². The third-order valence-corrected chi connectivity index (χ3v) is 9.47. The minimum Gasteiger partial charge on any atom is -0.338 e. The van der Waals surface area contributed by atoms with Crippen molar-refractivity contribution in [3.8, 4) is 0 Å². The van der Waals surface area contributed by atoms with Crippen LogP contribution in [0.1, 0.15) is 47.0 Å². The highest BCUT2D eigenvalue weighted by atomic mass is 32.2. The van der Waals surface area contributed by atoms with Crippen LogP contribution >= 0.6 is 22.7 Å². The molecule has 1 N–H and O–H groups in total. The zero-order chi connectivity index (χ0) is 19.0. The average molecular weight is 425 g/mol. The van der Waals surface area contributed by atoms with Crippen molar-refractivity contribution < 1.29 is 13.2 Å². The molecular weight excluding hydrogens is 400 g/mol. The molecular formula is C19H24N2O3S3. The summed E-state index contributed by atoms with van der Waals surface area (Å²) in [6.07, 6.45) is 4.54. The highest BCUT2D eigenvalue weighted by Gasteiger charge is 2.30. The number of hydrogen-bond donors (Lipinski definition) is 1. The van der Waals surface area contributed by atoms with E-state index in [0.29, 0.717) is 36.1 Å². The number of piperidine rings is 1. The monoisotopic (exact) mass is 424 g/mol. The van der Waals surface area contributed by atoms with E-state index in [1.54, 1.807) is 28.8 Å². The van der Waals surface area contributed by atoms with E-state index in [4.69, 9.17) is 0 Å². The Kier molecular flexibility index (Phi) is 5.42. The Labute approximate surface area is 168 Å². The number of nitrogens with zero attached hydrogens (tertiary/aromatic N) is 1. The number of hydrogen-bond acceptors (Lipinski definition) is 5. The lowest BCUT2D eigenvalue weighted by atomic mass is 9.88. The normalized spacial score (nSPS) is 21.2. The summed E-state index contributed by atoms with van der Waals surface area (Å²) in [5.74, 6) is 0.813. The number of likely N-dealkylation sites (tertiary alicyclic amines) is 1. The van der Waals surface area contributed by atoms with Crippen molar-refractivity contribution >= 4 is 38.6 Å². The van der Waals surface area contributed by atoms with Crippen molar-refractivity contribution in [1.29, 1.82) is 0 Å². The van der Waals surface area contributed by atoms with Gasteiger partial charge in [0.1, 0.15) is 4.21 Å². The van der Waals surface area contributed by atoms with Crippen LogP contribution in [0, 0.1) is 5.92 Å². The first-order valence-corrected chi connectivity index (χ1v) is 12.6. The fourth-order valence-electron chi connectivity index (χ4n) is 3.92. The molecule has 0 spiro atoms. The maximum absolute atomic E-state index is 13.0. The van der Waals surface area contributed by atoms with Crippen molar-refractivity contribution in [3.05, 3.63) is 38.9 Å². The van der Waals surface area contributed by atoms with Crippen molar-refractivity contribution in [2.24, 2.45) is 5.92 Å². The second-order valence-corrected chi connectivity index (χ2v) is 11.4. The van der Waals surface area contributed by atoms with Gasteiger partial charge in [0.2, 0.25) is 10.0 Å². The van der Waals surface area contributed by atoms with Gasteiger partial charge in [-0.3, -0.25) is 4.79 Å². The maximum atomic E-state index is 13.0. The molecule has 2 aromatic rings. The molecule has 0 aromatic carbocycles. The number of sulfonamides is 1. The summed E-state index contributed by atoms with van der Waals surface area (Å²) >= 11 is 2.94. The van der Waals surface area contributed by atoms with E-state index in [1.165, 1.54) is 21.8 Å². The van der Waals surface area contributed by atoms with E-state index < -0.39 is 10.0 Å². The minimum absolute atomic E-state index is 0.113. The zero-order valence-corrected chi connectivity index (χ0v) is 17.8. The SMILES string of the molecule is CC1CCc2c(C(=O)N3CCC(NS(=O)(=O)c4cccs4)CC3)csc2C1. The van der Waals surface area contributed by atoms with Crippen molar-refractivity contribution in [2.45, 2.75) is 49.3 Å². The summed E-state index contributed by atoms with van der Waals surface area (Å²) in [4.78, 5) is 16.2. The molecule has 146 valence electrons. The van der Waals surface area contributed by atoms with E-state index in [9.17, 15) is 13.2 Å². The largest absolute Gasteiger partial charge is 0.338 e. The highest BCUT2D eigenvalue weighted by molar-refractivity contribution is 7.91. The van der Waals surface area contributed by atoms with Crippen LogP contribution < -0.4 is 4.72 Å². The van der Waals surface area contributed by atoms with Gasteiger partial charge in [-0.1, -0.05) is 13.0 Å². The standard InChI is InChI=1S/C19H24N2O3S3/c1-13-4-5-15-16(12-26-17(15)11-13)19(22)21-8-6-14(7-9-21)20-27(23,24)18-3-2-10-25-18/h2-3,10,12-14,20H,4-9,11H2,1H3. The fraction of sp³-hybridized carbons (Fsp3) is 0.526. The summed E-state index contributed by atoms with van der Waals surface area (Å²) < 4.78 is 27.9. The molecule has 1 aliphatic carbocycles. The molecule has 1 aliphatic heterocycles. The first-order chi connectivity index (χ1) is 12.9. The molecule has 4 rings (SSSR count). The van der Waals surface area contributed by atoms with Crippen molar-refractivity contribution in [2.75, 3.05) is 13.1 Å². The summed E-state index contributed by atoms with van der Waals surface area (Å²) in [7, 11) is -3.45. The number of carbonyl (C=O) groups excluding carboxylic acids is 1. The van der Waals surface area contributed by atoms with Crippen LogP contribution in [0.4, 0.5) is 0 Å². The van der Waals surface area contributed by atoms with Crippen LogP contribution in [0.5, 0.6) is 0 Å². The molecule has 27 heavy (non-hydrogen) atoms. The Balaban J connectivity index is 1.38. The molecule has 0 bridgehead atoms. The molecule has 1 atom stereocenters. The summed E-state index contributed by atoms with van der Waals surface area (Å²) in [5, 5.41) is 3.79. The molecule has 2 aliphatic rings. The number of rotatable bonds is 4. The number of amides is 1. The van der Waals surface area contributed by atoms with E-state index in [0.717, 1.165) is 24.8 Å². The van der Waals surface area contributed by atoms with Crippen LogP contribution in [0.3, 0.4) is 0 Å². The second-order valence-electron chi connectivity index (χ2n) is 7.52. The van der Waals surface area contributed by atoms with E-state index >= 15 is 0 Å². The molecule has 1 saturated heterocycles. The quantitative estimate of drug-likeness (QED) is 0.817.